The number of hydrogen-bond donors (Lipinski definition) is 2. The second-order valence-corrected chi connectivity index (χ2v) is 4.82. The summed E-state index contributed by atoms with van der Waals surface area (Å²) in [5.41, 5.74) is 0.939. The highest BCUT2D eigenvalue weighted by Crippen LogP contribution is 2.14. The third kappa shape index (κ3) is 6.17. The van der Waals surface area contributed by atoms with Crippen molar-refractivity contribution in [1.29, 1.82) is 0 Å². The smallest absolute Gasteiger partial charge is 0.221 e. The van der Waals surface area contributed by atoms with Crippen LogP contribution in [0.1, 0.15) is 20.3 Å². The summed E-state index contributed by atoms with van der Waals surface area (Å²) in [5, 5.41) is 6.73. The van der Waals surface area contributed by atoms with Crippen LogP contribution in [0.15, 0.2) is 24.3 Å². The monoisotopic (exact) mass is 254 g/mol. The molecule has 1 aromatic rings. The predicted octanol–water partition coefficient (Wildman–Crippen LogP) is 2.91. The Morgan fingerprint density at radius 1 is 1.41 bits per heavy atom. The fourth-order valence-corrected chi connectivity index (χ4v) is 1.52. The Morgan fingerprint density at radius 2 is 2.18 bits per heavy atom. The van der Waals surface area contributed by atoms with Crippen LogP contribution in [0, 0.1) is 5.92 Å². The van der Waals surface area contributed by atoms with Crippen LogP contribution >= 0.6 is 11.6 Å². The molecular formula is C13H19ClN2O. The normalized spacial score (nSPS) is 10.4. The Bertz CT molecular complexity index is 366. The molecule has 0 atom stereocenters. The van der Waals surface area contributed by atoms with E-state index < -0.39 is 0 Å². The molecule has 0 fully saturated rings. The van der Waals surface area contributed by atoms with Crippen molar-refractivity contribution in [1.82, 2.24) is 5.32 Å². The predicted molar refractivity (Wildman–Crippen MR) is 72.4 cm³/mol. The molecule has 0 saturated heterocycles. The van der Waals surface area contributed by atoms with Gasteiger partial charge in [-0.3, -0.25) is 4.79 Å². The van der Waals surface area contributed by atoms with Crippen molar-refractivity contribution in [2.24, 2.45) is 5.92 Å². The van der Waals surface area contributed by atoms with E-state index in [1.165, 1.54) is 0 Å². The van der Waals surface area contributed by atoms with E-state index in [9.17, 15) is 4.79 Å². The Labute approximate surface area is 108 Å². The zero-order valence-corrected chi connectivity index (χ0v) is 11.1. The van der Waals surface area contributed by atoms with E-state index in [0.717, 1.165) is 12.2 Å². The van der Waals surface area contributed by atoms with E-state index in [1.54, 1.807) is 0 Å². The zero-order chi connectivity index (χ0) is 12.7. The number of benzene rings is 1. The van der Waals surface area contributed by atoms with Crippen LogP contribution in [-0.2, 0) is 4.79 Å². The van der Waals surface area contributed by atoms with Gasteiger partial charge in [-0.15, -0.1) is 0 Å². The zero-order valence-electron chi connectivity index (χ0n) is 10.3. The van der Waals surface area contributed by atoms with Crippen LogP contribution in [-0.4, -0.2) is 19.0 Å². The molecule has 0 aliphatic carbocycles. The summed E-state index contributed by atoms with van der Waals surface area (Å²) >= 11 is 5.85. The molecule has 0 aliphatic rings. The lowest BCUT2D eigenvalue weighted by Crippen LogP contribution is -2.28. The summed E-state index contributed by atoms with van der Waals surface area (Å²) in [6.45, 7) is 5.50. The van der Waals surface area contributed by atoms with Gasteiger partial charge in [-0.1, -0.05) is 31.5 Å². The summed E-state index contributed by atoms with van der Waals surface area (Å²) in [4.78, 5) is 11.4. The summed E-state index contributed by atoms with van der Waals surface area (Å²) in [6.07, 6.45) is 0.471. The number of halogens is 1. The fraction of sp³-hybridized carbons (Fsp3) is 0.462. The average molecular weight is 255 g/mol. The third-order valence-electron chi connectivity index (χ3n) is 2.21. The molecule has 4 heteroatoms. The van der Waals surface area contributed by atoms with E-state index in [0.29, 0.717) is 23.9 Å². The summed E-state index contributed by atoms with van der Waals surface area (Å²) in [7, 11) is 0. The van der Waals surface area contributed by atoms with Crippen LogP contribution < -0.4 is 10.6 Å². The largest absolute Gasteiger partial charge is 0.384 e. The van der Waals surface area contributed by atoms with Crippen LogP contribution in [0.4, 0.5) is 5.69 Å². The number of rotatable bonds is 6. The number of carbonyl (C=O) groups is 1. The second kappa shape index (κ2) is 7.17. The minimum atomic E-state index is 0.0771. The quantitative estimate of drug-likeness (QED) is 0.820. The lowest BCUT2D eigenvalue weighted by Gasteiger charge is -2.09. The van der Waals surface area contributed by atoms with Gasteiger partial charge in [0, 0.05) is 30.2 Å². The van der Waals surface area contributed by atoms with E-state index in [2.05, 4.69) is 24.5 Å². The van der Waals surface area contributed by atoms with E-state index in [1.807, 2.05) is 24.3 Å². The van der Waals surface area contributed by atoms with Gasteiger partial charge in [0.25, 0.3) is 0 Å². The van der Waals surface area contributed by atoms with Crippen LogP contribution in [0.3, 0.4) is 0 Å². The Hall–Kier alpha value is -1.22. The molecule has 94 valence electrons. The van der Waals surface area contributed by atoms with Gasteiger partial charge in [0.05, 0.1) is 0 Å². The topological polar surface area (TPSA) is 41.1 Å². The molecule has 0 bridgehead atoms. The first-order valence-electron chi connectivity index (χ1n) is 5.84. The van der Waals surface area contributed by atoms with Crippen molar-refractivity contribution in [2.75, 3.05) is 18.4 Å². The number of anilines is 1. The maximum atomic E-state index is 11.4. The van der Waals surface area contributed by atoms with E-state index >= 15 is 0 Å². The molecule has 1 aromatic carbocycles. The average Bonchev–Trinajstić information content (AvgIpc) is 2.26. The Kier molecular flexibility index (Phi) is 5.84. The van der Waals surface area contributed by atoms with Crippen molar-refractivity contribution < 1.29 is 4.79 Å². The number of nitrogens with one attached hydrogen (secondary N) is 2. The van der Waals surface area contributed by atoms with Gasteiger partial charge in [0.1, 0.15) is 0 Å². The first-order valence-corrected chi connectivity index (χ1v) is 6.22. The molecule has 1 rings (SSSR count). The minimum Gasteiger partial charge on any atom is -0.384 e. The summed E-state index contributed by atoms with van der Waals surface area (Å²) in [6, 6.07) is 7.47. The Balaban J connectivity index is 2.21. The highest BCUT2D eigenvalue weighted by Gasteiger charge is 2.01. The molecule has 0 radical (unpaired) electrons. The molecule has 0 aliphatic heterocycles. The van der Waals surface area contributed by atoms with Crippen LogP contribution in [0.25, 0.3) is 0 Å². The maximum Gasteiger partial charge on any atom is 0.221 e. The van der Waals surface area contributed by atoms with Gasteiger partial charge in [0.2, 0.25) is 5.91 Å². The molecule has 17 heavy (non-hydrogen) atoms. The van der Waals surface area contributed by atoms with Gasteiger partial charge >= 0.3 is 0 Å². The van der Waals surface area contributed by atoms with Crippen molar-refractivity contribution >= 4 is 23.2 Å². The van der Waals surface area contributed by atoms with Crippen molar-refractivity contribution in [3.05, 3.63) is 29.3 Å². The van der Waals surface area contributed by atoms with E-state index in [4.69, 9.17) is 11.6 Å². The van der Waals surface area contributed by atoms with Gasteiger partial charge in [-0.2, -0.15) is 0 Å². The van der Waals surface area contributed by atoms with Gasteiger partial charge in [-0.05, 0) is 24.1 Å². The van der Waals surface area contributed by atoms with Crippen LogP contribution in [0.2, 0.25) is 5.02 Å². The van der Waals surface area contributed by atoms with Gasteiger partial charge < -0.3 is 10.6 Å². The molecule has 0 spiro atoms. The first-order chi connectivity index (χ1) is 8.08. The summed E-state index contributed by atoms with van der Waals surface area (Å²) in [5.74, 6) is 0.563. The molecule has 0 unspecified atom stereocenters. The van der Waals surface area contributed by atoms with Crippen molar-refractivity contribution in [2.45, 2.75) is 20.3 Å². The number of carbonyl (C=O) groups excluding carboxylic acids is 1. The van der Waals surface area contributed by atoms with Crippen molar-refractivity contribution in [3.8, 4) is 0 Å². The summed E-state index contributed by atoms with van der Waals surface area (Å²) < 4.78 is 0. The highest BCUT2D eigenvalue weighted by molar-refractivity contribution is 6.30. The molecule has 0 saturated carbocycles. The maximum absolute atomic E-state index is 11.4. The number of amides is 1. The molecular weight excluding hydrogens is 236 g/mol. The lowest BCUT2D eigenvalue weighted by molar-refractivity contribution is -0.120. The van der Waals surface area contributed by atoms with Crippen LogP contribution in [0.5, 0.6) is 0 Å². The molecule has 2 N–H and O–H groups in total. The molecule has 3 nitrogen and oxygen atoms in total. The molecule has 1 amide bonds. The van der Waals surface area contributed by atoms with Crippen molar-refractivity contribution in [3.63, 3.8) is 0 Å². The standard InChI is InChI=1S/C13H19ClN2O/c1-10(2)9-16-13(17)6-7-15-12-5-3-4-11(14)8-12/h3-5,8,10,15H,6-7,9H2,1-2H3,(H,16,17). The third-order valence-corrected chi connectivity index (χ3v) is 2.45. The minimum absolute atomic E-state index is 0.0771. The van der Waals surface area contributed by atoms with E-state index in [-0.39, 0.29) is 5.91 Å². The fourth-order valence-electron chi connectivity index (χ4n) is 1.33. The van der Waals surface area contributed by atoms with Gasteiger partial charge in [-0.25, -0.2) is 0 Å². The SMILES string of the molecule is CC(C)CNC(=O)CCNc1cccc(Cl)c1. The second-order valence-electron chi connectivity index (χ2n) is 4.39. The van der Waals surface area contributed by atoms with Gasteiger partial charge in [0.15, 0.2) is 0 Å². The molecule has 0 aromatic heterocycles. The highest BCUT2D eigenvalue weighted by atomic mass is 35.5. The molecule has 0 heterocycles. The lowest BCUT2D eigenvalue weighted by atomic mass is 10.2. The first kappa shape index (κ1) is 13.8. The Morgan fingerprint density at radius 3 is 2.82 bits per heavy atom. The number of hydrogen-bond acceptors (Lipinski definition) is 2.